The van der Waals surface area contributed by atoms with E-state index in [0.29, 0.717) is 31.2 Å². The largest absolute Gasteiger partial charge is 0.392 e. The zero-order valence-corrected chi connectivity index (χ0v) is 14.6. The summed E-state index contributed by atoms with van der Waals surface area (Å²) in [6.07, 6.45) is 4.12. The van der Waals surface area contributed by atoms with E-state index in [4.69, 9.17) is 0 Å². The number of halogens is 1. The number of carbonyl (C=O) groups is 1. The van der Waals surface area contributed by atoms with Crippen molar-refractivity contribution >= 4 is 6.03 Å². The van der Waals surface area contributed by atoms with Crippen LogP contribution < -0.4 is 5.32 Å². The number of amides is 2. The number of aliphatic hydroxyl groups is 1. The van der Waals surface area contributed by atoms with Crippen molar-refractivity contribution in [3.63, 3.8) is 0 Å². The molecule has 1 saturated heterocycles. The van der Waals surface area contributed by atoms with E-state index in [-0.39, 0.29) is 18.2 Å². The zero-order valence-electron chi connectivity index (χ0n) is 14.6. The lowest BCUT2D eigenvalue weighted by Crippen LogP contribution is -2.50. The van der Waals surface area contributed by atoms with Crippen LogP contribution in [0.2, 0.25) is 0 Å². The quantitative estimate of drug-likeness (QED) is 0.858. The number of hydrogen-bond donors (Lipinski definition) is 2. The molecule has 0 radical (unpaired) electrons. The molecule has 2 N–H and O–H groups in total. The summed E-state index contributed by atoms with van der Waals surface area (Å²) >= 11 is 0. The van der Waals surface area contributed by atoms with Gasteiger partial charge in [-0.05, 0) is 45.4 Å². The number of carbonyl (C=O) groups excluding carboxylic acids is 1. The third-order valence-electron chi connectivity index (χ3n) is 4.49. The molecular weight excluding hydrogens is 311 g/mol. The van der Waals surface area contributed by atoms with Crippen LogP contribution in [0.3, 0.4) is 0 Å². The maximum absolute atomic E-state index is 13.2. The van der Waals surface area contributed by atoms with Crippen molar-refractivity contribution in [1.82, 2.24) is 20.1 Å². The monoisotopic (exact) mass is 338 g/mol. The van der Waals surface area contributed by atoms with Crippen molar-refractivity contribution < 1.29 is 14.3 Å². The van der Waals surface area contributed by atoms with Crippen LogP contribution in [0, 0.1) is 5.82 Å². The first-order chi connectivity index (χ1) is 11.4. The van der Waals surface area contributed by atoms with Gasteiger partial charge in [0.25, 0.3) is 0 Å². The molecule has 7 heteroatoms. The number of likely N-dealkylation sites (N-methyl/N-ethyl adjacent to an activating group) is 1. The van der Waals surface area contributed by atoms with Crippen LogP contribution in [0.4, 0.5) is 9.18 Å². The molecule has 1 aliphatic rings. The Morgan fingerprint density at radius 3 is 2.71 bits per heavy atom. The van der Waals surface area contributed by atoms with E-state index in [9.17, 15) is 14.3 Å². The number of nitrogens with one attached hydrogen (secondary N) is 1. The average Bonchev–Trinajstić information content (AvgIpc) is 2.54. The molecule has 1 unspecified atom stereocenters. The first-order valence-corrected chi connectivity index (χ1v) is 8.41. The molecule has 0 aromatic carbocycles. The van der Waals surface area contributed by atoms with Crippen molar-refractivity contribution in [2.75, 3.05) is 26.7 Å². The van der Waals surface area contributed by atoms with Crippen molar-refractivity contribution in [1.29, 1.82) is 0 Å². The van der Waals surface area contributed by atoms with Gasteiger partial charge in [-0.2, -0.15) is 0 Å². The molecule has 2 amide bonds. The Balaban J connectivity index is 1.82. The molecule has 0 spiro atoms. The molecule has 24 heavy (non-hydrogen) atoms. The van der Waals surface area contributed by atoms with Crippen LogP contribution in [-0.2, 0) is 0 Å². The Morgan fingerprint density at radius 1 is 1.46 bits per heavy atom. The van der Waals surface area contributed by atoms with Crippen LogP contribution >= 0.6 is 0 Å². The Hall–Kier alpha value is -1.73. The van der Waals surface area contributed by atoms with E-state index in [1.165, 1.54) is 6.07 Å². The number of likely N-dealkylation sites (tertiary alicyclic amines) is 1. The number of piperidine rings is 1. The maximum Gasteiger partial charge on any atom is 0.317 e. The van der Waals surface area contributed by atoms with Crippen LogP contribution in [0.25, 0.3) is 0 Å². The normalized spacial score (nSPS) is 18.5. The second kappa shape index (κ2) is 8.39. The van der Waals surface area contributed by atoms with E-state index in [1.54, 1.807) is 18.0 Å². The van der Waals surface area contributed by atoms with E-state index in [0.717, 1.165) is 19.0 Å². The van der Waals surface area contributed by atoms with E-state index < -0.39 is 5.82 Å². The number of aliphatic hydroxyl groups excluding tert-OH is 1. The Kier molecular flexibility index (Phi) is 6.51. The Morgan fingerprint density at radius 2 is 2.12 bits per heavy atom. The molecule has 1 aromatic heterocycles. The van der Waals surface area contributed by atoms with Crippen molar-refractivity contribution in [3.8, 4) is 0 Å². The first kappa shape index (κ1) is 18.6. The SMILES string of the molecule is CC(O)CN(C)C1CCN(C(=O)N[C@@H](C)c2cncc(F)c2)CC1. The molecule has 2 atom stereocenters. The van der Waals surface area contributed by atoms with Gasteiger partial charge in [0.2, 0.25) is 0 Å². The van der Waals surface area contributed by atoms with Gasteiger partial charge in [0.1, 0.15) is 5.82 Å². The standard InChI is InChI=1S/C17H27FN4O2/c1-12(23)11-21(3)16-4-6-22(7-5-16)17(24)20-13(2)14-8-15(18)10-19-9-14/h8-10,12-13,16,23H,4-7,11H2,1-3H3,(H,20,24)/t12?,13-/m0/s1. The van der Waals surface area contributed by atoms with Gasteiger partial charge in [-0.3, -0.25) is 4.98 Å². The summed E-state index contributed by atoms with van der Waals surface area (Å²) in [6, 6.07) is 1.34. The van der Waals surface area contributed by atoms with Crippen molar-refractivity contribution in [3.05, 3.63) is 29.8 Å². The summed E-state index contributed by atoms with van der Waals surface area (Å²) in [5.74, 6) is -0.407. The molecule has 1 fully saturated rings. The summed E-state index contributed by atoms with van der Waals surface area (Å²) in [6.45, 7) is 5.59. The summed E-state index contributed by atoms with van der Waals surface area (Å²) in [5.41, 5.74) is 0.648. The second-order valence-corrected chi connectivity index (χ2v) is 6.61. The zero-order chi connectivity index (χ0) is 17.7. The highest BCUT2D eigenvalue weighted by atomic mass is 19.1. The van der Waals surface area contributed by atoms with Gasteiger partial charge in [0.15, 0.2) is 0 Å². The molecule has 6 nitrogen and oxygen atoms in total. The average molecular weight is 338 g/mol. The Bertz CT molecular complexity index is 547. The lowest BCUT2D eigenvalue weighted by Gasteiger charge is -2.37. The minimum absolute atomic E-state index is 0.136. The third kappa shape index (κ3) is 5.14. The van der Waals surface area contributed by atoms with E-state index >= 15 is 0 Å². The molecule has 0 bridgehead atoms. The van der Waals surface area contributed by atoms with E-state index in [2.05, 4.69) is 15.2 Å². The van der Waals surface area contributed by atoms with Gasteiger partial charge >= 0.3 is 6.03 Å². The third-order valence-corrected chi connectivity index (χ3v) is 4.49. The predicted octanol–water partition coefficient (Wildman–Crippen LogP) is 1.77. The van der Waals surface area contributed by atoms with Crippen LogP contribution in [0.5, 0.6) is 0 Å². The number of hydrogen-bond acceptors (Lipinski definition) is 4. The Labute approximate surface area is 142 Å². The minimum Gasteiger partial charge on any atom is -0.392 e. The lowest BCUT2D eigenvalue weighted by molar-refractivity contribution is 0.0871. The maximum atomic E-state index is 13.2. The summed E-state index contributed by atoms with van der Waals surface area (Å²) in [4.78, 5) is 20.1. The molecule has 134 valence electrons. The second-order valence-electron chi connectivity index (χ2n) is 6.61. The number of nitrogens with zero attached hydrogens (tertiary/aromatic N) is 3. The van der Waals surface area contributed by atoms with Gasteiger partial charge in [0.05, 0.1) is 18.3 Å². The van der Waals surface area contributed by atoms with Gasteiger partial charge in [-0.1, -0.05) is 0 Å². The highest BCUT2D eigenvalue weighted by molar-refractivity contribution is 5.74. The van der Waals surface area contributed by atoms with Crippen LogP contribution in [-0.4, -0.2) is 64.7 Å². The van der Waals surface area contributed by atoms with Gasteiger partial charge in [-0.15, -0.1) is 0 Å². The van der Waals surface area contributed by atoms with Crippen LogP contribution in [0.1, 0.15) is 38.3 Å². The van der Waals surface area contributed by atoms with Gasteiger partial charge in [0, 0.05) is 31.9 Å². The predicted molar refractivity (Wildman–Crippen MR) is 90.0 cm³/mol. The highest BCUT2D eigenvalue weighted by Gasteiger charge is 2.26. The first-order valence-electron chi connectivity index (χ1n) is 8.41. The molecule has 0 aliphatic carbocycles. The molecular formula is C17H27FN4O2. The minimum atomic E-state index is -0.407. The topological polar surface area (TPSA) is 68.7 Å². The number of pyridine rings is 1. The molecule has 0 saturated carbocycles. The number of rotatable bonds is 5. The van der Waals surface area contributed by atoms with Gasteiger partial charge in [-0.25, -0.2) is 9.18 Å². The van der Waals surface area contributed by atoms with Crippen molar-refractivity contribution in [2.45, 2.75) is 44.9 Å². The molecule has 1 aromatic rings. The van der Waals surface area contributed by atoms with E-state index in [1.807, 2.05) is 14.0 Å². The number of urea groups is 1. The lowest BCUT2D eigenvalue weighted by atomic mass is 10.0. The fourth-order valence-electron chi connectivity index (χ4n) is 3.10. The summed E-state index contributed by atoms with van der Waals surface area (Å²) < 4.78 is 13.2. The fourth-order valence-corrected chi connectivity index (χ4v) is 3.10. The molecule has 2 rings (SSSR count). The van der Waals surface area contributed by atoms with Gasteiger partial charge < -0.3 is 20.2 Å². The number of aromatic nitrogens is 1. The van der Waals surface area contributed by atoms with Crippen LogP contribution in [0.15, 0.2) is 18.5 Å². The molecule has 1 aliphatic heterocycles. The fraction of sp³-hybridized carbons (Fsp3) is 0.647. The molecule has 2 heterocycles. The summed E-state index contributed by atoms with van der Waals surface area (Å²) in [5, 5.41) is 12.4. The highest BCUT2D eigenvalue weighted by Crippen LogP contribution is 2.17. The smallest absolute Gasteiger partial charge is 0.317 e. The van der Waals surface area contributed by atoms with Crippen molar-refractivity contribution in [2.24, 2.45) is 0 Å². The summed E-state index contributed by atoms with van der Waals surface area (Å²) in [7, 11) is 2.01.